The number of aryl methyl sites for hydroxylation is 2. The molecule has 1 N–H and O–H groups in total. The Morgan fingerprint density at radius 2 is 2.07 bits per heavy atom. The lowest BCUT2D eigenvalue weighted by atomic mass is 9.96. The van der Waals surface area contributed by atoms with E-state index in [0.29, 0.717) is 41.0 Å². The number of amides is 2. The zero-order valence-electron chi connectivity index (χ0n) is 15.2. The summed E-state index contributed by atoms with van der Waals surface area (Å²) in [6.45, 7) is 5.03. The zero-order valence-corrected chi connectivity index (χ0v) is 16.7. The smallest absolute Gasteiger partial charge is 0.253 e. The third-order valence-electron chi connectivity index (χ3n) is 4.87. The van der Waals surface area contributed by atoms with Crippen LogP contribution < -0.4 is 5.32 Å². The maximum atomic E-state index is 12.7. The second kappa shape index (κ2) is 8.31. The van der Waals surface area contributed by atoms with Crippen LogP contribution in [0.5, 0.6) is 0 Å². The number of carbonyl (C=O) groups excluding carboxylic acids is 2. The molecule has 0 saturated carbocycles. The van der Waals surface area contributed by atoms with Gasteiger partial charge in [-0.3, -0.25) is 9.59 Å². The fraction of sp³-hybridized carbons (Fsp3) is 0.421. The van der Waals surface area contributed by atoms with Crippen LogP contribution in [0.15, 0.2) is 22.7 Å². The molecule has 1 saturated heterocycles. The van der Waals surface area contributed by atoms with Crippen LogP contribution in [-0.2, 0) is 11.3 Å². The maximum Gasteiger partial charge on any atom is 0.253 e. The van der Waals surface area contributed by atoms with Crippen LogP contribution in [-0.4, -0.2) is 35.0 Å². The Morgan fingerprint density at radius 1 is 1.30 bits per heavy atom. The number of benzene rings is 1. The minimum atomic E-state index is -0.244. The van der Waals surface area contributed by atoms with Crippen molar-refractivity contribution >= 4 is 35.0 Å². The third kappa shape index (κ3) is 4.45. The van der Waals surface area contributed by atoms with Crippen LogP contribution in [0.4, 0.5) is 0 Å². The van der Waals surface area contributed by atoms with Crippen LogP contribution in [0, 0.1) is 19.8 Å². The molecule has 0 bridgehead atoms. The molecule has 144 valence electrons. The molecule has 6 nitrogen and oxygen atoms in total. The van der Waals surface area contributed by atoms with E-state index in [2.05, 4.69) is 10.5 Å². The number of rotatable bonds is 4. The monoisotopic (exact) mass is 409 g/mol. The number of piperidine rings is 1. The highest BCUT2D eigenvalue weighted by Crippen LogP contribution is 2.25. The molecule has 1 aromatic heterocycles. The standard InChI is InChI=1S/C19H21Cl2N3O3/c1-11-15(12(2)27-23-11)9-22-18(25)14-4-3-7-24(10-14)19(26)13-5-6-16(20)17(21)8-13/h5-6,8,14H,3-4,7,9-10H2,1-2H3,(H,22,25). The second-order valence-electron chi connectivity index (χ2n) is 6.74. The van der Waals surface area contributed by atoms with E-state index in [0.717, 1.165) is 24.1 Å². The molecule has 2 amide bonds. The number of nitrogens with zero attached hydrogens (tertiary/aromatic N) is 2. The quantitative estimate of drug-likeness (QED) is 0.833. The van der Waals surface area contributed by atoms with Gasteiger partial charge in [-0.2, -0.15) is 0 Å². The summed E-state index contributed by atoms with van der Waals surface area (Å²) in [4.78, 5) is 27.0. The van der Waals surface area contributed by atoms with E-state index in [9.17, 15) is 9.59 Å². The lowest BCUT2D eigenvalue weighted by Gasteiger charge is -2.32. The van der Waals surface area contributed by atoms with Gasteiger partial charge in [0.1, 0.15) is 5.76 Å². The van der Waals surface area contributed by atoms with Crippen LogP contribution in [0.25, 0.3) is 0 Å². The van der Waals surface area contributed by atoms with Crippen molar-refractivity contribution in [3.8, 4) is 0 Å². The van der Waals surface area contributed by atoms with Gasteiger partial charge in [-0.1, -0.05) is 28.4 Å². The molecule has 0 radical (unpaired) electrons. The highest BCUT2D eigenvalue weighted by Gasteiger charge is 2.29. The maximum absolute atomic E-state index is 12.7. The topological polar surface area (TPSA) is 75.4 Å². The molecule has 2 aromatic rings. The molecular formula is C19H21Cl2N3O3. The second-order valence-corrected chi connectivity index (χ2v) is 7.55. The van der Waals surface area contributed by atoms with Gasteiger partial charge in [-0.05, 0) is 44.9 Å². The zero-order chi connectivity index (χ0) is 19.6. The van der Waals surface area contributed by atoms with E-state index in [1.807, 2.05) is 13.8 Å². The first-order valence-corrected chi connectivity index (χ1v) is 9.56. The van der Waals surface area contributed by atoms with Crippen molar-refractivity contribution in [1.29, 1.82) is 0 Å². The van der Waals surface area contributed by atoms with Crippen molar-refractivity contribution in [2.24, 2.45) is 5.92 Å². The number of aromatic nitrogens is 1. The lowest BCUT2D eigenvalue weighted by Crippen LogP contribution is -2.45. The first-order chi connectivity index (χ1) is 12.9. The number of hydrogen-bond donors (Lipinski definition) is 1. The summed E-state index contributed by atoms with van der Waals surface area (Å²) in [7, 11) is 0. The average molecular weight is 410 g/mol. The molecule has 1 atom stereocenters. The predicted molar refractivity (Wildman–Crippen MR) is 103 cm³/mol. The van der Waals surface area contributed by atoms with E-state index in [1.54, 1.807) is 23.1 Å². The van der Waals surface area contributed by atoms with E-state index in [-0.39, 0.29) is 17.7 Å². The number of carbonyl (C=O) groups is 2. The summed E-state index contributed by atoms with van der Waals surface area (Å²) in [6, 6.07) is 4.82. The number of likely N-dealkylation sites (tertiary alicyclic amines) is 1. The third-order valence-corrected chi connectivity index (χ3v) is 5.61. The number of hydrogen-bond acceptors (Lipinski definition) is 4. The normalized spacial score (nSPS) is 17.0. The van der Waals surface area contributed by atoms with E-state index >= 15 is 0 Å². The summed E-state index contributed by atoms with van der Waals surface area (Å²) >= 11 is 11.9. The highest BCUT2D eigenvalue weighted by atomic mass is 35.5. The van der Waals surface area contributed by atoms with Gasteiger partial charge in [-0.15, -0.1) is 0 Å². The van der Waals surface area contributed by atoms with Crippen LogP contribution in [0.3, 0.4) is 0 Å². The van der Waals surface area contributed by atoms with Crippen molar-refractivity contribution in [2.45, 2.75) is 33.2 Å². The fourth-order valence-corrected chi connectivity index (χ4v) is 3.56. The summed E-state index contributed by atoms with van der Waals surface area (Å²) in [6.07, 6.45) is 1.52. The first-order valence-electron chi connectivity index (χ1n) is 8.80. The molecule has 0 aliphatic carbocycles. The van der Waals surface area contributed by atoms with Crippen molar-refractivity contribution in [3.05, 3.63) is 50.8 Å². The first kappa shape index (κ1) is 19.7. The Bertz CT molecular complexity index is 846. The van der Waals surface area contributed by atoms with Gasteiger partial charge in [0.15, 0.2) is 0 Å². The minimum Gasteiger partial charge on any atom is -0.361 e. The molecule has 0 spiro atoms. The molecule has 1 fully saturated rings. The van der Waals surface area contributed by atoms with Crippen molar-refractivity contribution in [2.75, 3.05) is 13.1 Å². The lowest BCUT2D eigenvalue weighted by molar-refractivity contribution is -0.126. The van der Waals surface area contributed by atoms with Crippen LogP contribution in [0.2, 0.25) is 10.0 Å². The molecule has 3 rings (SSSR count). The Balaban J connectivity index is 1.62. The fourth-order valence-electron chi connectivity index (χ4n) is 3.26. The van der Waals surface area contributed by atoms with Gasteiger partial charge in [0.25, 0.3) is 5.91 Å². The Hall–Kier alpha value is -2.05. The van der Waals surface area contributed by atoms with Crippen LogP contribution >= 0.6 is 23.2 Å². The van der Waals surface area contributed by atoms with Gasteiger partial charge in [0.2, 0.25) is 5.91 Å². The minimum absolute atomic E-state index is 0.0679. The van der Waals surface area contributed by atoms with E-state index in [4.69, 9.17) is 27.7 Å². The largest absolute Gasteiger partial charge is 0.361 e. The molecule has 1 aliphatic heterocycles. The Morgan fingerprint density at radius 3 is 2.74 bits per heavy atom. The molecular weight excluding hydrogens is 389 g/mol. The van der Waals surface area contributed by atoms with Crippen molar-refractivity contribution in [1.82, 2.24) is 15.4 Å². The molecule has 1 aromatic carbocycles. The van der Waals surface area contributed by atoms with Gasteiger partial charge < -0.3 is 14.7 Å². The molecule has 1 unspecified atom stereocenters. The number of halogens is 2. The van der Waals surface area contributed by atoms with Crippen LogP contribution in [0.1, 0.15) is 40.2 Å². The average Bonchev–Trinajstić information content (AvgIpc) is 2.99. The summed E-state index contributed by atoms with van der Waals surface area (Å²) < 4.78 is 5.11. The van der Waals surface area contributed by atoms with E-state index in [1.165, 1.54) is 0 Å². The Kier molecular flexibility index (Phi) is 6.07. The molecule has 2 heterocycles. The summed E-state index contributed by atoms with van der Waals surface area (Å²) in [5.41, 5.74) is 2.14. The molecule has 8 heteroatoms. The summed E-state index contributed by atoms with van der Waals surface area (Å²) in [5.74, 6) is 0.247. The molecule has 1 aliphatic rings. The van der Waals surface area contributed by atoms with Crippen molar-refractivity contribution < 1.29 is 14.1 Å². The highest BCUT2D eigenvalue weighted by molar-refractivity contribution is 6.42. The SMILES string of the molecule is Cc1noc(C)c1CNC(=O)C1CCCN(C(=O)c2ccc(Cl)c(Cl)c2)C1. The predicted octanol–water partition coefficient (Wildman–Crippen LogP) is 3.77. The molecule has 27 heavy (non-hydrogen) atoms. The van der Waals surface area contributed by atoms with Gasteiger partial charge in [-0.25, -0.2) is 0 Å². The van der Waals surface area contributed by atoms with E-state index < -0.39 is 0 Å². The van der Waals surface area contributed by atoms with Gasteiger partial charge in [0, 0.05) is 30.8 Å². The van der Waals surface area contributed by atoms with Crippen molar-refractivity contribution in [3.63, 3.8) is 0 Å². The van der Waals surface area contributed by atoms with Gasteiger partial charge in [0.05, 0.1) is 21.7 Å². The summed E-state index contributed by atoms with van der Waals surface area (Å²) in [5, 5.41) is 7.57. The number of nitrogens with one attached hydrogen (secondary N) is 1. The van der Waals surface area contributed by atoms with Gasteiger partial charge >= 0.3 is 0 Å². The Labute approximate surface area is 167 Å².